The fourth-order valence-corrected chi connectivity index (χ4v) is 47.0. The summed E-state index contributed by atoms with van der Waals surface area (Å²) in [6.45, 7) is 0. The van der Waals surface area contributed by atoms with Crippen LogP contribution in [-0.4, -0.2) is 47.0 Å². The number of rotatable bonds is 6. The maximum atomic E-state index is 2.43. The Bertz CT molecular complexity index is 190. The summed E-state index contributed by atoms with van der Waals surface area (Å²) in [7, 11) is 7.30. The van der Waals surface area contributed by atoms with Gasteiger partial charge in [0.2, 0.25) is 0 Å². The van der Waals surface area contributed by atoms with E-state index >= 15 is 0 Å². The molecule has 0 aromatic carbocycles. The zero-order valence-electron chi connectivity index (χ0n) is 8.87. The third kappa shape index (κ3) is 3.96. The van der Waals surface area contributed by atoms with Crippen LogP contribution < -0.4 is 0 Å². The molecule has 0 aliphatic carbocycles. The zero-order chi connectivity index (χ0) is 10.8. The molecule has 0 spiro atoms. The second-order valence-electron chi connectivity index (χ2n) is 3.81. The summed E-state index contributed by atoms with van der Waals surface area (Å²) < 4.78 is 2.99. The molecule has 3 fully saturated rings. The van der Waals surface area contributed by atoms with E-state index in [-0.39, 0.29) is 0 Å². The van der Waals surface area contributed by atoms with E-state index in [0.717, 1.165) is 13.7 Å². The summed E-state index contributed by atoms with van der Waals surface area (Å²) in [6.07, 6.45) is 4.48. The summed E-state index contributed by atoms with van der Waals surface area (Å²) in [5.74, 6) is 4.28. The molecule has 0 aromatic heterocycles. The van der Waals surface area contributed by atoms with Crippen LogP contribution in [0.1, 0.15) is 19.3 Å². The van der Waals surface area contributed by atoms with Gasteiger partial charge < -0.3 is 0 Å². The fourth-order valence-electron chi connectivity index (χ4n) is 1.25. The standard InChI is InChI=1S/3C3H6S2.Sb/c3*4-3-1-2-5-3;/h3*3-4H,1-2H2;/q;;;+3/p-3. The number of thioether (sulfide) groups is 3. The van der Waals surface area contributed by atoms with E-state index in [1.54, 1.807) is 0 Å². The predicted molar refractivity (Wildman–Crippen MR) is 91.1 cm³/mol. The van der Waals surface area contributed by atoms with Crippen LogP contribution in [0.4, 0.5) is 0 Å². The van der Waals surface area contributed by atoms with Gasteiger partial charge in [0, 0.05) is 0 Å². The van der Waals surface area contributed by atoms with Crippen LogP contribution in [0.2, 0.25) is 0 Å². The third-order valence-electron chi connectivity index (χ3n) is 2.58. The van der Waals surface area contributed by atoms with Crippen molar-refractivity contribution in [3.63, 3.8) is 0 Å². The van der Waals surface area contributed by atoms with Gasteiger partial charge in [-0.2, -0.15) is 0 Å². The third-order valence-corrected chi connectivity index (χ3v) is 35.0. The van der Waals surface area contributed by atoms with Crippen molar-refractivity contribution < 1.29 is 0 Å². The number of hydrogen-bond acceptors (Lipinski definition) is 6. The minimum atomic E-state index is -1.08. The van der Waals surface area contributed by atoms with E-state index in [1.165, 1.54) is 36.5 Å². The van der Waals surface area contributed by atoms with Crippen molar-refractivity contribution in [1.29, 1.82) is 0 Å². The first-order valence-electron chi connectivity index (χ1n) is 5.55. The Hall–Kier alpha value is 2.92. The van der Waals surface area contributed by atoms with Gasteiger partial charge >= 0.3 is 128 Å². The average Bonchev–Trinajstić information content (AvgIpc) is 2.08. The van der Waals surface area contributed by atoms with Crippen LogP contribution >= 0.6 is 61.8 Å². The van der Waals surface area contributed by atoms with E-state index in [2.05, 4.69) is 61.8 Å². The minimum absolute atomic E-state index is 0.998. The van der Waals surface area contributed by atoms with Gasteiger partial charge in [-0.05, 0) is 0 Å². The van der Waals surface area contributed by atoms with Gasteiger partial charge in [-0.3, -0.25) is 0 Å². The van der Waals surface area contributed by atoms with Crippen LogP contribution in [0.5, 0.6) is 0 Å². The maximum absolute atomic E-state index is 2.43. The van der Waals surface area contributed by atoms with Crippen LogP contribution in [0.3, 0.4) is 0 Å². The Morgan fingerprint density at radius 1 is 0.688 bits per heavy atom. The Balaban J connectivity index is 1.44. The molecule has 0 amide bonds. The zero-order valence-corrected chi connectivity index (χ0v) is 16.3. The fraction of sp³-hybridized carbons (Fsp3) is 1.00. The first-order valence-corrected chi connectivity index (χ1v) is 20.6. The molecule has 0 saturated carbocycles. The molecular formula is C9H15S6Sb. The first kappa shape index (κ1) is 13.9. The molecule has 7 heteroatoms. The molecule has 3 saturated heterocycles. The molecule has 3 rings (SSSR count). The Morgan fingerprint density at radius 3 is 1.19 bits per heavy atom. The molecule has 3 unspecified atom stereocenters. The Labute approximate surface area is 126 Å². The van der Waals surface area contributed by atoms with Crippen molar-refractivity contribution in [3.05, 3.63) is 0 Å². The molecule has 16 heavy (non-hydrogen) atoms. The molecule has 3 aliphatic heterocycles. The quantitative estimate of drug-likeness (QED) is 0.555. The molecule has 3 atom stereocenters. The van der Waals surface area contributed by atoms with Gasteiger partial charge in [-0.15, -0.1) is 0 Å². The van der Waals surface area contributed by atoms with E-state index in [4.69, 9.17) is 0 Å². The molecule has 0 aromatic rings. The second-order valence-corrected chi connectivity index (χ2v) is 29.7. The van der Waals surface area contributed by atoms with Gasteiger partial charge in [0.1, 0.15) is 0 Å². The first-order chi connectivity index (χ1) is 7.90. The van der Waals surface area contributed by atoms with Crippen LogP contribution in [-0.2, 0) is 0 Å². The topological polar surface area (TPSA) is 0 Å². The molecule has 92 valence electrons. The van der Waals surface area contributed by atoms with Crippen molar-refractivity contribution in [2.45, 2.75) is 33.0 Å². The van der Waals surface area contributed by atoms with Crippen molar-refractivity contribution in [2.75, 3.05) is 17.3 Å². The molecule has 0 bridgehead atoms. The number of hydrogen-bond donors (Lipinski definition) is 0. The second kappa shape index (κ2) is 7.08. The van der Waals surface area contributed by atoms with E-state index in [0.29, 0.717) is 0 Å². The molecule has 0 N–H and O–H groups in total. The summed E-state index contributed by atoms with van der Waals surface area (Å²) in [6, 6.07) is 0. The SMILES string of the molecule is C1CC([S][Sb]([S]C2CCS2)[S]C2CCS2)S1. The van der Waals surface area contributed by atoms with Crippen molar-refractivity contribution in [2.24, 2.45) is 0 Å². The van der Waals surface area contributed by atoms with Gasteiger partial charge in [-0.1, -0.05) is 0 Å². The predicted octanol–water partition coefficient (Wildman–Crippen LogP) is 4.56. The van der Waals surface area contributed by atoms with Crippen molar-refractivity contribution in [3.8, 4) is 0 Å². The van der Waals surface area contributed by atoms with Crippen molar-refractivity contribution >= 4 is 77.8 Å². The van der Waals surface area contributed by atoms with Crippen LogP contribution in [0, 0.1) is 0 Å². The average molecular weight is 437 g/mol. The van der Waals surface area contributed by atoms with Gasteiger partial charge in [0.25, 0.3) is 0 Å². The summed E-state index contributed by atoms with van der Waals surface area (Å²) in [5.41, 5.74) is 0. The normalized spacial score (nSPS) is 37.7. The summed E-state index contributed by atoms with van der Waals surface area (Å²) in [5, 5.41) is 0. The van der Waals surface area contributed by atoms with Crippen LogP contribution in [0.25, 0.3) is 0 Å². The van der Waals surface area contributed by atoms with Crippen LogP contribution in [0.15, 0.2) is 0 Å². The molecule has 3 aliphatic rings. The molecule has 0 radical (unpaired) electrons. The Kier molecular flexibility index (Phi) is 6.14. The van der Waals surface area contributed by atoms with Gasteiger partial charge in [-0.25, -0.2) is 0 Å². The molecule has 0 nitrogen and oxygen atoms in total. The van der Waals surface area contributed by atoms with E-state index in [1.807, 2.05) is 0 Å². The van der Waals surface area contributed by atoms with Gasteiger partial charge in [0.05, 0.1) is 0 Å². The molecular weight excluding hydrogens is 422 g/mol. The van der Waals surface area contributed by atoms with Crippen molar-refractivity contribution in [1.82, 2.24) is 0 Å². The Morgan fingerprint density at radius 2 is 1.00 bits per heavy atom. The summed E-state index contributed by atoms with van der Waals surface area (Å²) >= 11 is 5.55. The van der Waals surface area contributed by atoms with E-state index < -0.39 is 16.0 Å². The van der Waals surface area contributed by atoms with E-state index in [9.17, 15) is 0 Å². The summed E-state index contributed by atoms with van der Waals surface area (Å²) in [4.78, 5) is 0. The molecule has 3 heterocycles. The monoisotopic (exact) mass is 436 g/mol. The van der Waals surface area contributed by atoms with Gasteiger partial charge in [0.15, 0.2) is 0 Å².